The minimum absolute atomic E-state index is 0.0111. The second-order valence-corrected chi connectivity index (χ2v) is 11.3. The normalized spacial score (nSPS) is 26.8. The van der Waals surface area contributed by atoms with Crippen LogP contribution in [0.5, 0.6) is 0 Å². The summed E-state index contributed by atoms with van der Waals surface area (Å²) in [5.41, 5.74) is 1.01. The number of carbonyl (C=O) groups excluding carboxylic acids is 2. The van der Waals surface area contributed by atoms with Crippen LogP contribution in [0.3, 0.4) is 0 Å². The van der Waals surface area contributed by atoms with Gasteiger partial charge < -0.3 is 10.2 Å². The lowest BCUT2D eigenvalue weighted by Gasteiger charge is -2.44. The number of rotatable bonds is 4. The molecule has 0 aromatic heterocycles. The smallest absolute Gasteiger partial charge is 0.261 e. The third-order valence-corrected chi connectivity index (χ3v) is 8.64. The maximum Gasteiger partial charge on any atom is 0.261 e. The fourth-order valence-corrected chi connectivity index (χ4v) is 7.03. The number of hydrogen-bond acceptors (Lipinski definition) is 3. The van der Waals surface area contributed by atoms with Gasteiger partial charge in [0.1, 0.15) is 6.54 Å². The predicted molar refractivity (Wildman–Crippen MR) is 132 cm³/mol. The van der Waals surface area contributed by atoms with E-state index >= 15 is 0 Å². The van der Waals surface area contributed by atoms with E-state index in [0.717, 1.165) is 47.0 Å². The van der Waals surface area contributed by atoms with E-state index in [0.29, 0.717) is 5.25 Å². The van der Waals surface area contributed by atoms with Gasteiger partial charge in [0.2, 0.25) is 5.91 Å². The van der Waals surface area contributed by atoms with Crippen LogP contribution in [0.2, 0.25) is 0 Å². The molecule has 1 aromatic rings. The minimum atomic E-state index is 0.0111. The molecule has 31 heavy (non-hydrogen) atoms. The number of halogens is 1. The van der Waals surface area contributed by atoms with Gasteiger partial charge in [-0.25, -0.2) is 0 Å². The molecule has 1 heterocycles. The SMILES string of the molecule is O=C(CN1C(=O)/C(=C\c2cccc(Br)c2)SC2CCCCC21)NC1CCCCCCC1. The van der Waals surface area contributed by atoms with Crippen molar-refractivity contribution in [1.82, 2.24) is 10.2 Å². The van der Waals surface area contributed by atoms with E-state index in [1.165, 1.54) is 38.5 Å². The molecule has 2 atom stereocenters. The number of thioether (sulfide) groups is 1. The van der Waals surface area contributed by atoms with Crippen molar-refractivity contribution in [2.45, 2.75) is 88.0 Å². The molecule has 0 radical (unpaired) electrons. The van der Waals surface area contributed by atoms with Crippen LogP contribution in [0.15, 0.2) is 33.6 Å². The lowest BCUT2D eigenvalue weighted by Crippen LogP contribution is -2.55. The van der Waals surface area contributed by atoms with Crippen molar-refractivity contribution in [3.05, 3.63) is 39.2 Å². The third-order valence-electron chi connectivity index (χ3n) is 6.75. The molecule has 2 amide bonds. The van der Waals surface area contributed by atoms with E-state index in [4.69, 9.17) is 0 Å². The van der Waals surface area contributed by atoms with Gasteiger partial charge in [-0.3, -0.25) is 9.59 Å². The number of nitrogens with zero attached hydrogens (tertiary/aromatic N) is 1. The van der Waals surface area contributed by atoms with Crippen molar-refractivity contribution < 1.29 is 9.59 Å². The van der Waals surface area contributed by atoms with Gasteiger partial charge in [0, 0.05) is 21.8 Å². The summed E-state index contributed by atoms with van der Waals surface area (Å²) < 4.78 is 1.00. The molecule has 0 spiro atoms. The summed E-state index contributed by atoms with van der Waals surface area (Å²) in [6, 6.07) is 8.46. The molecule has 0 bridgehead atoms. The summed E-state index contributed by atoms with van der Waals surface area (Å²) in [5, 5.41) is 3.64. The third kappa shape index (κ3) is 6.16. The molecule has 1 aliphatic heterocycles. The number of hydrogen-bond donors (Lipinski definition) is 1. The quantitative estimate of drug-likeness (QED) is 0.518. The monoisotopic (exact) mass is 504 g/mol. The first-order valence-corrected chi connectivity index (χ1v) is 13.5. The van der Waals surface area contributed by atoms with Crippen LogP contribution >= 0.6 is 27.7 Å². The standard InChI is InChI=1S/C25H33BrN2O2S/c26-19-10-8-9-18(15-19)16-23-25(30)28(21-13-6-7-14-22(21)31-23)17-24(29)27-20-11-4-2-1-3-5-12-20/h8-10,15-16,20-22H,1-7,11-14,17H2,(H,27,29)/b23-16+. The van der Waals surface area contributed by atoms with Gasteiger partial charge in [-0.15, -0.1) is 11.8 Å². The molecule has 1 saturated heterocycles. The van der Waals surface area contributed by atoms with Crippen LogP contribution in [-0.4, -0.2) is 40.6 Å². The molecule has 3 aliphatic rings. The first kappa shape index (κ1) is 22.9. The van der Waals surface area contributed by atoms with Gasteiger partial charge >= 0.3 is 0 Å². The Balaban J connectivity index is 1.48. The highest BCUT2D eigenvalue weighted by Crippen LogP contribution is 2.42. The summed E-state index contributed by atoms with van der Waals surface area (Å²) in [6.07, 6.45) is 14.8. The molecule has 6 heteroatoms. The Labute approximate surface area is 198 Å². The highest BCUT2D eigenvalue weighted by atomic mass is 79.9. The van der Waals surface area contributed by atoms with Gasteiger partial charge in [0.25, 0.3) is 5.91 Å². The Morgan fingerprint density at radius 3 is 2.55 bits per heavy atom. The van der Waals surface area contributed by atoms with Crippen molar-refractivity contribution in [1.29, 1.82) is 0 Å². The zero-order valence-electron chi connectivity index (χ0n) is 18.2. The maximum absolute atomic E-state index is 13.4. The van der Waals surface area contributed by atoms with Crippen LogP contribution in [0.4, 0.5) is 0 Å². The maximum atomic E-state index is 13.4. The van der Waals surface area contributed by atoms with Gasteiger partial charge in [-0.1, -0.05) is 73.0 Å². The Hall–Kier alpha value is -1.27. The first-order chi connectivity index (χ1) is 15.1. The Morgan fingerprint density at radius 2 is 1.77 bits per heavy atom. The fourth-order valence-electron chi connectivity index (χ4n) is 5.14. The van der Waals surface area contributed by atoms with E-state index < -0.39 is 0 Å². The molecule has 168 valence electrons. The average Bonchev–Trinajstić information content (AvgIpc) is 2.73. The lowest BCUT2D eigenvalue weighted by molar-refractivity contribution is -0.136. The van der Waals surface area contributed by atoms with Crippen LogP contribution in [0.25, 0.3) is 6.08 Å². The van der Waals surface area contributed by atoms with Crippen molar-refractivity contribution >= 4 is 45.6 Å². The second kappa shape index (κ2) is 11.0. The molecule has 2 unspecified atom stereocenters. The van der Waals surface area contributed by atoms with E-state index in [1.54, 1.807) is 11.8 Å². The summed E-state index contributed by atoms with van der Waals surface area (Å²) in [4.78, 5) is 29.1. The molecule has 3 fully saturated rings. The summed E-state index contributed by atoms with van der Waals surface area (Å²) >= 11 is 5.23. The summed E-state index contributed by atoms with van der Waals surface area (Å²) in [5.74, 6) is 0.0258. The van der Waals surface area contributed by atoms with Crippen LogP contribution in [0.1, 0.15) is 76.2 Å². The van der Waals surface area contributed by atoms with Gasteiger partial charge in [0.15, 0.2) is 0 Å². The van der Waals surface area contributed by atoms with Gasteiger partial charge in [0.05, 0.1) is 4.91 Å². The van der Waals surface area contributed by atoms with Crippen LogP contribution < -0.4 is 5.32 Å². The fraction of sp³-hybridized carbons (Fsp3) is 0.600. The molecular formula is C25H33BrN2O2S. The molecule has 2 saturated carbocycles. The summed E-state index contributed by atoms with van der Waals surface area (Å²) in [6.45, 7) is 0.187. The lowest BCUT2D eigenvalue weighted by atomic mass is 9.93. The number of benzene rings is 1. The zero-order chi connectivity index (χ0) is 21.6. The highest BCUT2D eigenvalue weighted by molar-refractivity contribution is 9.10. The number of carbonyl (C=O) groups is 2. The zero-order valence-corrected chi connectivity index (χ0v) is 20.6. The topological polar surface area (TPSA) is 49.4 Å². The molecule has 1 aromatic carbocycles. The minimum Gasteiger partial charge on any atom is -0.352 e. The molecule has 1 N–H and O–H groups in total. The molecule has 4 nitrogen and oxygen atoms in total. The van der Waals surface area contributed by atoms with Crippen molar-refractivity contribution in [3.8, 4) is 0 Å². The second-order valence-electron chi connectivity index (χ2n) is 9.11. The number of nitrogens with one attached hydrogen (secondary N) is 1. The Kier molecular flexibility index (Phi) is 8.16. The van der Waals surface area contributed by atoms with Crippen molar-refractivity contribution in [3.63, 3.8) is 0 Å². The van der Waals surface area contributed by atoms with Crippen LogP contribution in [-0.2, 0) is 9.59 Å². The van der Waals surface area contributed by atoms with Crippen LogP contribution in [0, 0.1) is 0 Å². The molecule has 4 rings (SSSR count). The Bertz CT molecular complexity index is 819. The number of amides is 2. The van der Waals surface area contributed by atoms with E-state index in [9.17, 15) is 9.59 Å². The largest absolute Gasteiger partial charge is 0.352 e. The van der Waals surface area contributed by atoms with Crippen molar-refractivity contribution in [2.75, 3.05) is 6.54 Å². The van der Waals surface area contributed by atoms with Crippen molar-refractivity contribution in [2.24, 2.45) is 0 Å². The Morgan fingerprint density at radius 1 is 1.06 bits per heavy atom. The van der Waals surface area contributed by atoms with E-state index in [-0.39, 0.29) is 30.4 Å². The van der Waals surface area contributed by atoms with E-state index in [1.807, 2.05) is 35.2 Å². The predicted octanol–water partition coefficient (Wildman–Crippen LogP) is 5.91. The molecule has 2 aliphatic carbocycles. The first-order valence-electron chi connectivity index (χ1n) is 11.8. The van der Waals surface area contributed by atoms with Gasteiger partial charge in [-0.2, -0.15) is 0 Å². The average molecular weight is 506 g/mol. The number of fused-ring (bicyclic) bond motifs is 1. The molecular weight excluding hydrogens is 472 g/mol. The highest BCUT2D eigenvalue weighted by Gasteiger charge is 2.41. The van der Waals surface area contributed by atoms with Gasteiger partial charge in [-0.05, 0) is 49.5 Å². The summed E-state index contributed by atoms with van der Waals surface area (Å²) in [7, 11) is 0. The van der Waals surface area contributed by atoms with E-state index in [2.05, 4.69) is 21.2 Å².